The molecule has 0 bridgehead atoms. The van der Waals surface area contributed by atoms with E-state index in [1.165, 1.54) is 10.8 Å². The van der Waals surface area contributed by atoms with Crippen molar-refractivity contribution in [2.75, 3.05) is 0 Å². The lowest BCUT2D eigenvalue weighted by atomic mass is 10.00. The van der Waals surface area contributed by atoms with E-state index in [9.17, 15) is 0 Å². The number of nitrogens with zero attached hydrogens (tertiary/aromatic N) is 4. The van der Waals surface area contributed by atoms with Gasteiger partial charge in [-0.25, -0.2) is 15.0 Å². The van der Waals surface area contributed by atoms with Crippen molar-refractivity contribution in [2.24, 2.45) is 0 Å². The van der Waals surface area contributed by atoms with Gasteiger partial charge in [0.25, 0.3) is 0 Å². The molecule has 0 N–H and O–H groups in total. The molecule has 0 saturated carbocycles. The van der Waals surface area contributed by atoms with Gasteiger partial charge in [-0.2, -0.15) is 0 Å². The highest BCUT2D eigenvalue weighted by molar-refractivity contribution is 6.15. The molecule has 0 amide bonds. The number of fused-ring (bicyclic) bond motifs is 9. The van der Waals surface area contributed by atoms with Gasteiger partial charge in [0.05, 0.1) is 22.1 Å². The Balaban J connectivity index is 1.00. The van der Waals surface area contributed by atoms with E-state index in [1.807, 2.05) is 84.9 Å². The van der Waals surface area contributed by atoms with Crippen LogP contribution in [0.5, 0.6) is 0 Å². The lowest BCUT2D eigenvalue weighted by molar-refractivity contribution is 0.668. The lowest BCUT2D eigenvalue weighted by Crippen LogP contribution is -2.00. The van der Waals surface area contributed by atoms with E-state index in [0.29, 0.717) is 17.5 Å². The smallest absolute Gasteiger partial charge is 0.164 e. The van der Waals surface area contributed by atoms with Crippen molar-refractivity contribution in [3.05, 3.63) is 182 Å². The summed E-state index contributed by atoms with van der Waals surface area (Å²) in [6.45, 7) is 0. The minimum atomic E-state index is 0.607. The van der Waals surface area contributed by atoms with Gasteiger partial charge < -0.3 is 13.4 Å². The fourth-order valence-corrected chi connectivity index (χ4v) is 8.39. The Bertz CT molecular complexity index is 3470. The second kappa shape index (κ2) is 12.3. The zero-order chi connectivity index (χ0) is 37.5. The molecule has 4 heterocycles. The molecule has 57 heavy (non-hydrogen) atoms. The summed E-state index contributed by atoms with van der Waals surface area (Å²) in [5, 5.41) is 6.64. The fourth-order valence-electron chi connectivity index (χ4n) is 8.39. The van der Waals surface area contributed by atoms with E-state index >= 15 is 0 Å². The summed E-state index contributed by atoms with van der Waals surface area (Å²) in [5.74, 6) is 1.87. The Labute approximate surface area is 325 Å². The van der Waals surface area contributed by atoms with Crippen LogP contribution in [0.4, 0.5) is 0 Å². The fraction of sp³-hybridized carbons (Fsp3) is 0. The number of furan rings is 2. The first kappa shape index (κ1) is 31.5. The normalized spacial score (nSPS) is 11.9. The van der Waals surface area contributed by atoms with Crippen LogP contribution in [0.1, 0.15) is 0 Å². The molecule has 6 heteroatoms. The summed E-state index contributed by atoms with van der Waals surface area (Å²) in [6, 6.07) is 62.8. The summed E-state index contributed by atoms with van der Waals surface area (Å²) >= 11 is 0. The van der Waals surface area contributed by atoms with Crippen molar-refractivity contribution in [3.8, 4) is 51.0 Å². The number of aromatic nitrogens is 4. The van der Waals surface area contributed by atoms with Crippen LogP contribution in [-0.2, 0) is 0 Å². The molecule has 8 aromatic carbocycles. The first-order valence-corrected chi connectivity index (χ1v) is 19.0. The molecule has 266 valence electrons. The maximum atomic E-state index is 6.40. The van der Waals surface area contributed by atoms with Gasteiger partial charge >= 0.3 is 0 Å². The van der Waals surface area contributed by atoms with E-state index in [1.54, 1.807) is 0 Å². The second-order valence-corrected chi connectivity index (χ2v) is 14.4. The van der Waals surface area contributed by atoms with Crippen molar-refractivity contribution in [2.45, 2.75) is 0 Å². The van der Waals surface area contributed by atoms with Gasteiger partial charge in [-0.1, -0.05) is 115 Å². The SMILES string of the molecule is c1ccc(-c2nc(-c3ccccc3)nc(-c3ccc4oc5ccc(-c6ccc7c(c6)c6ccccc6n7-c6cccc7oc8ccccc8c67)cc5c4c3)n2)cc1. The van der Waals surface area contributed by atoms with Gasteiger partial charge in [-0.05, 0) is 77.9 Å². The molecule has 0 aliphatic carbocycles. The molecule has 0 saturated heterocycles. The molecule has 0 atom stereocenters. The maximum Gasteiger partial charge on any atom is 0.164 e. The molecule has 0 aliphatic heterocycles. The van der Waals surface area contributed by atoms with Crippen LogP contribution in [-0.4, -0.2) is 19.5 Å². The van der Waals surface area contributed by atoms with E-state index in [4.69, 9.17) is 23.8 Å². The quantitative estimate of drug-likeness (QED) is 0.176. The van der Waals surface area contributed by atoms with E-state index in [2.05, 4.69) is 102 Å². The molecule has 4 aromatic heterocycles. The molecule has 6 nitrogen and oxygen atoms in total. The van der Waals surface area contributed by atoms with Crippen molar-refractivity contribution in [3.63, 3.8) is 0 Å². The molecule has 0 spiro atoms. The minimum absolute atomic E-state index is 0.607. The standard InChI is InChI=1S/C51H30N4O2/c1-3-12-31(13-4-1)49-52-50(32-14-5-2-6-15-32)54-51(53-49)35-24-27-46-40(30-35)39-29-34(23-26-45(39)56-46)33-22-25-42-38(28-33)36-16-7-9-18-41(36)55(42)43-19-11-21-47-48(43)37-17-8-10-20-44(37)57-47/h1-30H. The molecule has 0 aliphatic rings. The minimum Gasteiger partial charge on any atom is -0.456 e. The van der Waals surface area contributed by atoms with Crippen LogP contribution in [0.25, 0.3) is 117 Å². The maximum absolute atomic E-state index is 6.40. The summed E-state index contributed by atoms with van der Waals surface area (Å²) < 4.78 is 15.1. The zero-order valence-corrected chi connectivity index (χ0v) is 30.4. The first-order chi connectivity index (χ1) is 28.2. The van der Waals surface area contributed by atoms with Crippen LogP contribution >= 0.6 is 0 Å². The molecule has 12 aromatic rings. The molecular formula is C51H30N4O2. The van der Waals surface area contributed by atoms with Crippen LogP contribution in [0, 0.1) is 0 Å². The lowest BCUT2D eigenvalue weighted by Gasteiger charge is -2.10. The third-order valence-corrected chi connectivity index (χ3v) is 11.1. The number of rotatable bonds is 5. The van der Waals surface area contributed by atoms with Crippen molar-refractivity contribution in [1.82, 2.24) is 19.5 Å². The first-order valence-electron chi connectivity index (χ1n) is 19.0. The Morgan fingerprint density at radius 2 is 0.807 bits per heavy atom. The Kier molecular flexibility index (Phi) is 6.83. The summed E-state index contributed by atoms with van der Waals surface area (Å²) in [6.07, 6.45) is 0. The van der Waals surface area contributed by atoms with Crippen LogP contribution in [0.3, 0.4) is 0 Å². The second-order valence-electron chi connectivity index (χ2n) is 14.4. The molecule has 0 radical (unpaired) electrons. The number of hydrogen-bond acceptors (Lipinski definition) is 5. The van der Waals surface area contributed by atoms with E-state index < -0.39 is 0 Å². The average Bonchev–Trinajstić information content (AvgIpc) is 3.96. The third kappa shape index (κ3) is 5.01. The highest BCUT2D eigenvalue weighted by Gasteiger charge is 2.19. The Morgan fingerprint density at radius 1 is 0.316 bits per heavy atom. The average molecular weight is 731 g/mol. The third-order valence-electron chi connectivity index (χ3n) is 11.1. The van der Waals surface area contributed by atoms with Gasteiger partial charge in [0.2, 0.25) is 0 Å². The summed E-state index contributed by atoms with van der Waals surface area (Å²) in [4.78, 5) is 14.8. The zero-order valence-electron chi connectivity index (χ0n) is 30.4. The Morgan fingerprint density at radius 3 is 1.53 bits per heavy atom. The predicted molar refractivity (Wildman–Crippen MR) is 230 cm³/mol. The van der Waals surface area contributed by atoms with Crippen molar-refractivity contribution < 1.29 is 8.83 Å². The van der Waals surface area contributed by atoms with Crippen LogP contribution in [0.15, 0.2) is 191 Å². The largest absolute Gasteiger partial charge is 0.456 e. The monoisotopic (exact) mass is 730 g/mol. The molecule has 0 unspecified atom stereocenters. The Hall–Kier alpha value is -7.83. The summed E-state index contributed by atoms with van der Waals surface area (Å²) in [5.41, 5.74) is 11.8. The topological polar surface area (TPSA) is 69.9 Å². The van der Waals surface area contributed by atoms with Gasteiger partial charge in [0, 0.05) is 43.6 Å². The predicted octanol–water partition coefficient (Wildman–Crippen LogP) is 13.4. The highest BCUT2D eigenvalue weighted by atomic mass is 16.3. The van der Waals surface area contributed by atoms with E-state index in [0.717, 1.165) is 88.4 Å². The van der Waals surface area contributed by atoms with Crippen molar-refractivity contribution >= 4 is 65.7 Å². The van der Waals surface area contributed by atoms with Crippen LogP contribution in [0.2, 0.25) is 0 Å². The number of benzene rings is 8. The van der Waals surface area contributed by atoms with Gasteiger partial charge in [0.1, 0.15) is 22.3 Å². The van der Waals surface area contributed by atoms with Crippen LogP contribution < -0.4 is 0 Å². The molecule has 0 fully saturated rings. The molecular weight excluding hydrogens is 701 g/mol. The number of para-hydroxylation sites is 2. The number of hydrogen-bond donors (Lipinski definition) is 0. The van der Waals surface area contributed by atoms with Crippen molar-refractivity contribution in [1.29, 1.82) is 0 Å². The van der Waals surface area contributed by atoms with Gasteiger partial charge in [0.15, 0.2) is 17.5 Å². The molecule has 12 rings (SSSR count). The summed E-state index contributed by atoms with van der Waals surface area (Å²) in [7, 11) is 0. The highest BCUT2D eigenvalue weighted by Crippen LogP contribution is 2.41. The van der Waals surface area contributed by atoms with Gasteiger partial charge in [-0.3, -0.25) is 0 Å². The van der Waals surface area contributed by atoms with Gasteiger partial charge in [-0.15, -0.1) is 0 Å². The van der Waals surface area contributed by atoms with E-state index in [-0.39, 0.29) is 0 Å².